The molecule has 2 aromatic rings. The number of nitrogens with zero attached hydrogens (tertiary/aromatic N) is 3. The van der Waals surface area contributed by atoms with E-state index in [1.165, 1.54) is 13.3 Å². The summed E-state index contributed by atoms with van der Waals surface area (Å²) in [6, 6.07) is 4.95. The molecule has 0 bridgehead atoms. The summed E-state index contributed by atoms with van der Waals surface area (Å²) in [6.45, 7) is 0. The number of amides is 1. The second kappa shape index (κ2) is 6.41. The maximum Gasteiger partial charge on any atom is 0.257 e. The summed E-state index contributed by atoms with van der Waals surface area (Å²) in [7, 11) is 5.24. The highest BCUT2D eigenvalue weighted by molar-refractivity contribution is 6.29. The molecule has 0 aromatic carbocycles. The van der Waals surface area contributed by atoms with Crippen molar-refractivity contribution in [1.29, 1.82) is 0 Å². The van der Waals surface area contributed by atoms with Crippen molar-refractivity contribution in [2.75, 3.05) is 31.4 Å². The van der Waals surface area contributed by atoms with Gasteiger partial charge in [-0.25, -0.2) is 9.97 Å². The lowest BCUT2D eigenvalue weighted by Gasteiger charge is -2.19. The monoisotopic (exact) mass is 306 g/mol. The molecule has 1 amide bonds. The average Bonchev–Trinajstić information content (AvgIpc) is 2.47. The van der Waals surface area contributed by atoms with Gasteiger partial charge in [-0.3, -0.25) is 4.79 Å². The molecule has 0 aliphatic heterocycles. The standard InChI is InChI=1S/C14H15ClN4O2/c1-19(2)10-6-7-16-14(21-3)12(10)18-13(20)9-4-5-11(15)17-8-9/h4-8H,1-3H3,(H,18,20). The van der Waals surface area contributed by atoms with Crippen LogP contribution in [-0.2, 0) is 0 Å². The molecule has 0 aliphatic carbocycles. The predicted molar refractivity (Wildman–Crippen MR) is 82.3 cm³/mol. The van der Waals surface area contributed by atoms with Gasteiger partial charge in [0.05, 0.1) is 18.4 Å². The molecule has 2 aromatic heterocycles. The van der Waals surface area contributed by atoms with Gasteiger partial charge in [0.1, 0.15) is 10.8 Å². The van der Waals surface area contributed by atoms with Gasteiger partial charge in [0.25, 0.3) is 5.91 Å². The fourth-order valence-electron chi connectivity index (χ4n) is 1.77. The first kappa shape index (κ1) is 15.1. The summed E-state index contributed by atoms with van der Waals surface area (Å²) in [4.78, 5) is 22.1. The Bertz CT molecular complexity index is 644. The molecule has 2 heterocycles. The molecule has 2 rings (SSSR count). The smallest absolute Gasteiger partial charge is 0.257 e. The third-order valence-corrected chi connectivity index (χ3v) is 3.02. The van der Waals surface area contributed by atoms with Gasteiger partial charge in [0.15, 0.2) is 0 Å². The predicted octanol–water partition coefficient (Wildman–Crippen LogP) is 2.46. The molecular formula is C14H15ClN4O2. The van der Waals surface area contributed by atoms with Crippen LogP contribution in [0.4, 0.5) is 11.4 Å². The highest BCUT2D eigenvalue weighted by atomic mass is 35.5. The van der Waals surface area contributed by atoms with Gasteiger partial charge in [-0.2, -0.15) is 0 Å². The van der Waals surface area contributed by atoms with Crippen LogP contribution in [0.15, 0.2) is 30.6 Å². The number of rotatable bonds is 4. The number of hydrogen-bond acceptors (Lipinski definition) is 5. The normalized spacial score (nSPS) is 10.1. The number of halogens is 1. The van der Waals surface area contributed by atoms with Crippen LogP contribution in [0, 0.1) is 0 Å². The van der Waals surface area contributed by atoms with Crippen LogP contribution in [0.1, 0.15) is 10.4 Å². The van der Waals surface area contributed by atoms with Gasteiger partial charge in [-0.1, -0.05) is 11.6 Å². The molecule has 0 saturated heterocycles. The molecule has 0 spiro atoms. The lowest BCUT2D eigenvalue weighted by atomic mass is 10.2. The number of carbonyl (C=O) groups excluding carboxylic acids is 1. The maximum absolute atomic E-state index is 12.3. The molecule has 0 aliphatic rings. The van der Waals surface area contributed by atoms with E-state index in [1.54, 1.807) is 24.4 Å². The van der Waals surface area contributed by atoms with E-state index in [0.717, 1.165) is 5.69 Å². The Labute approximate surface area is 127 Å². The van der Waals surface area contributed by atoms with Crippen molar-refractivity contribution in [3.8, 4) is 5.88 Å². The maximum atomic E-state index is 12.3. The molecule has 0 saturated carbocycles. The van der Waals surface area contributed by atoms with Gasteiger partial charge in [0, 0.05) is 26.5 Å². The zero-order chi connectivity index (χ0) is 15.4. The minimum atomic E-state index is -0.312. The van der Waals surface area contributed by atoms with E-state index in [4.69, 9.17) is 16.3 Å². The quantitative estimate of drug-likeness (QED) is 0.879. The topological polar surface area (TPSA) is 67.3 Å². The van der Waals surface area contributed by atoms with Crippen molar-refractivity contribution in [3.63, 3.8) is 0 Å². The number of aromatic nitrogens is 2. The van der Waals surface area contributed by atoms with E-state index >= 15 is 0 Å². The Morgan fingerprint density at radius 1 is 1.29 bits per heavy atom. The van der Waals surface area contributed by atoms with Crippen molar-refractivity contribution in [1.82, 2.24) is 9.97 Å². The molecule has 110 valence electrons. The fraction of sp³-hybridized carbons (Fsp3) is 0.214. The molecule has 0 fully saturated rings. The minimum Gasteiger partial charge on any atom is -0.479 e. The lowest BCUT2D eigenvalue weighted by Crippen LogP contribution is -2.18. The summed E-state index contributed by atoms with van der Waals surface area (Å²) in [5.41, 5.74) is 1.69. The highest BCUT2D eigenvalue weighted by Gasteiger charge is 2.16. The van der Waals surface area contributed by atoms with E-state index in [9.17, 15) is 4.79 Å². The summed E-state index contributed by atoms with van der Waals surface area (Å²) in [6.07, 6.45) is 3.03. The number of nitrogens with one attached hydrogen (secondary N) is 1. The van der Waals surface area contributed by atoms with Crippen molar-refractivity contribution < 1.29 is 9.53 Å². The van der Waals surface area contributed by atoms with E-state index in [1.807, 2.05) is 19.0 Å². The number of carbonyl (C=O) groups is 1. The SMILES string of the molecule is COc1nccc(N(C)C)c1NC(=O)c1ccc(Cl)nc1. The molecule has 7 heteroatoms. The zero-order valence-corrected chi connectivity index (χ0v) is 12.7. The number of ether oxygens (including phenoxy) is 1. The van der Waals surface area contributed by atoms with Crippen molar-refractivity contribution in [2.24, 2.45) is 0 Å². The number of anilines is 2. The molecule has 0 radical (unpaired) electrons. The fourth-order valence-corrected chi connectivity index (χ4v) is 1.89. The van der Waals surface area contributed by atoms with Crippen LogP contribution in [0.25, 0.3) is 0 Å². The van der Waals surface area contributed by atoms with E-state index in [2.05, 4.69) is 15.3 Å². The van der Waals surface area contributed by atoms with Crippen molar-refractivity contribution >= 4 is 28.9 Å². The van der Waals surface area contributed by atoms with Crippen LogP contribution in [0.3, 0.4) is 0 Å². The lowest BCUT2D eigenvalue weighted by molar-refractivity contribution is 0.102. The number of methoxy groups -OCH3 is 1. The third kappa shape index (κ3) is 3.41. The first-order valence-electron chi connectivity index (χ1n) is 6.16. The summed E-state index contributed by atoms with van der Waals surface area (Å²) in [5.74, 6) is 0.0324. The molecule has 0 atom stereocenters. The second-order valence-corrected chi connectivity index (χ2v) is 4.82. The van der Waals surface area contributed by atoms with Gasteiger partial charge in [-0.15, -0.1) is 0 Å². The molecule has 21 heavy (non-hydrogen) atoms. The van der Waals surface area contributed by atoms with E-state index in [-0.39, 0.29) is 5.91 Å². The average molecular weight is 307 g/mol. The summed E-state index contributed by atoms with van der Waals surface area (Å²) >= 11 is 5.71. The van der Waals surface area contributed by atoms with Crippen LogP contribution in [0.2, 0.25) is 5.15 Å². The van der Waals surface area contributed by atoms with Gasteiger partial charge < -0.3 is 15.0 Å². The minimum absolute atomic E-state index is 0.312. The van der Waals surface area contributed by atoms with E-state index < -0.39 is 0 Å². The third-order valence-electron chi connectivity index (χ3n) is 2.80. The number of hydrogen-bond donors (Lipinski definition) is 1. The van der Waals surface area contributed by atoms with Crippen LogP contribution in [0.5, 0.6) is 5.88 Å². The van der Waals surface area contributed by atoms with Crippen LogP contribution in [-0.4, -0.2) is 37.1 Å². The highest BCUT2D eigenvalue weighted by Crippen LogP contribution is 2.32. The molecule has 1 N–H and O–H groups in total. The van der Waals surface area contributed by atoms with Crippen molar-refractivity contribution in [3.05, 3.63) is 41.3 Å². The largest absolute Gasteiger partial charge is 0.479 e. The Balaban J connectivity index is 2.34. The Morgan fingerprint density at radius 2 is 2.05 bits per heavy atom. The van der Waals surface area contributed by atoms with Crippen LogP contribution < -0.4 is 15.0 Å². The zero-order valence-electron chi connectivity index (χ0n) is 11.9. The summed E-state index contributed by atoms with van der Waals surface area (Å²) in [5, 5.41) is 3.13. The summed E-state index contributed by atoms with van der Waals surface area (Å²) < 4.78 is 5.20. The molecular weight excluding hydrogens is 292 g/mol. The van der Waals surface area contributed by atoms with Crippen molar-refractivity contribution in [2.45, 2.75) is 0 Å². The second-order valence-electron chi connectivity index (χ2n) is 4.43. The first-order chi connectivity index (χ1) is 10.0. The number of pyridine rings is 2. The molecule has 0 unspecified atom stereocenters. The molecule has 6 nitrogen and oxygen atoms in total. The van der Waals surface area contributed by atoms with Gasteiger partial charge in [-0.05, 0) is 18.2 Å². The Hall–Kier alpha value is -2.34. The van der Waals surface area contributed by atoms with E-state index in [0.29, 0.717) is 22.3 Å². The van der Waals surface area contributed by atoms with Crippen LogP contribution >= 0.6 is 11.6 Å². The first-order valence-corrected chi connectivity index (χ1v) is 6.54. The Kier molecular flexibility index (Phi) is 4.59. The Morgan fingerprint density at radius 3 is 2.62 bits per heavy atom. The van der Waals surface area contributed by atoms with Gasteiger partial charge in [0.2, 0.25) is 5.88 Å². The van der Waals surface area contributed by atoms with Gasteiger partial charge >= 0.3 is 0 Å².